The summed E-state index contributed by atoms with van der Waals surface area (Å²) >= 11 is 0. The molecular weight excluding hydrogens is 422 g/mol. The van der Waals surface area contributed by atoms with Crippen molar-refractivity contribution >= 4 is 12.0 Å². The number of likely N-dealkylation sites (tertiary alicyclic amines) is 1. The third-order valence-corrected chi connectivity index (χ3v) is 5.32. The number of aliphatic carboxylic acids is 1. The van der Waals surface area contributed by atoms with E-state index in [-0.39, 0.29) is 18.0 Å². The second-order valence-electron chi connectivity index (χ2n) is 7.83. The van der Waals surface area contributed by atoms with Gasteiger partial charge in [-0.2, -0.15) is 13.2 Å². The molecule has 11 heteroatoms. The van der Waals surface area contributed by atoms with Crippen LogP contribution < -0.4 is 5.32 Å². The van der Waals surface area contributed by atoms with Crippen molar-refractivity contribution in [2.24, 2.45) is 11.8 Å². The fraction of sp³-hybridized carbons (Fsp3) is 0.600. The fourth-order valence-corrected chi connectivity index (χ4v) is 3.65. The van der Waals surface area contributed by atoms with Crippen LogP contribution in [0.1, 0.15) is 12.0 Å². The van der Waals surface area contributed by atoms with Crippen LogP contribution in [-0.2, 0) is 16.1 Å². The molecule has 2 fully saturated rings. The molecule has 174 valence electrons. The molecule has 2 aliphatic rings. The molecule has 2 N–H and O–H groups in total. The highest BCUT2D eigenvalue weighted by atomic mass is 19.4. The third kappa shape index (κ3) is 7.66. The number of benzene rings is 1. The molecule has 7 nitrogen and oxygen atoms in total. The maximum absolute atomic E-state index is 13.0. The maximum Gasteiger partial charge on any atom is 0.490 e. The number of halogens is 4. The average Bonchev–Trinajstić information content (AvgIpc) is 3.10. The summed E-state index contributed by atoms with van der Waals surface area (Å²) in [5.41, 5.74) is 1.13. The molecule has 0 unspecified atom stereocenters. The first-order chi connectivity index (χ1) is 14.5. The van der Waals surface area contributed by atoms with Gasteiger partial charge in [-0.05, 0) is 36.6 Å². The van der Waals surface area contributed by atoms with Crippen LogP contribution in [0.3, 0.4) is 0 Å². The molecule has 2 saturated heterocycles. The van der Waals surface area contributed by atoms with E-state index in [1.165, 1.54) is 17.0 Å². The molecular formula is C20H27F4N3O4. The Balaban J connectivity index is 0.000000423. The standard InChI is InChI=1S/C18H26FN3O2.C2HF3O2/c1-21(2)18(23)20-9-17-16-11-22(8-7-14(16)12-24-17)10-13-3-5-15(19)6-4-13;3-2(4,5)1(6)7/h3-6,14,16-17H,7-12H2,1-2H3,(H,20,23);(H,6,7)/t14-,16-,17+;/m0./s1. The topological polar surface area (TPSA) is 82.1 Å². The van der Waals surface area contributed by atoms with E-state index >= 15 is 0 Å². The van der Waals surface area contributed by atoms with Crippen LogP contribution in [0.15, 0.2) is 24.3 Å². The van der Waals surface area contributed by atoms with Gasteiger partial charge in [-0.3, -0.25) is 4.90 Å². The molecule has 0 saturated carbocycles. The van der Waals surface area contributed by atoms with E-state index in [4.69, 9.17) is 14.6 Å². The molecule has 0 bridgehead atoms. The number of ether oxygens (including phenoxy) is 1. The number of piperidine rings is 1. The van der Waals surface area contributed by atoms with Gasteiger partial charge in [0.25, 0.3) is 0 Å². The molecule has 1 aromatic carbocycles. The second-order valence-corrected chi connectivity index (χ2v) is 7.83. The first-order valence-corrected chi connectivity index (χ1v) is 9.81. The number of carboxylic acids is 1. The quantitative estimate of drug-likeness (QED) is 0.691. The lowest BCUT2D eigenvalue weighted by Crippen LogP contribution is -2.46. The van der Waals surface area contributed by atoms with E-state index in [1.54, 1.807) is 14.1 Å². The molecule has 2 amide bonds. The van der Waals surface area contributed by atoms with Crippen LogP contribution >= 0.6 is 0 Å². The van der Waals surface area contributed by atoms with Crippen LogP contribution in [0.25, 0.3) is 0 Å². The largest absolute Gasteiger partial charge is 0.490 e. The SMILES string of the molecule is CN(C)C(=O)NC[C@H]1OC[C@@H]2CCN(Cc3ccc(F)cc3)C[C@@H]21.O=C(O)C(F)(F)F. The smallest absolute Gasteiger partial charge is 0.475 e. The third-order valence-electron chi connectivity index (χ3n) is 5.32. The number of urea groups is 1. The van der Waals surface area contributed by atoms with Crippen LogP contribution in [0.2, 0.25) is 0 Å². The number of nitrogens with zero attached hydrogens (tertiary/aromatic N) is 2. The number of hydrogen-bond donors (Lipinski definition) is 2. The summed E-state index contributed by atoms with van der Waals surface area (Å²) in [6, 6.07) is 6.64. The summed E-state index contributed by atoms with van der Waals surface area (Å²) in [6.45, 7) is 4.18. The Kier molecular flexibility index (Phi) is 8.63. The minimum atomic E-state index is -5.08. The number of amides is 2. The van der Waals surface area contributed by atoms with Gasteiger partial charge in [-0.25, -0.2) is 14.0 Å². The Hall–Kier alpha value is -2.40. The summed E-state index contributed by atoms with van der Waals surface area (Å²) in [4.78, 5) is 24.5. The number of rotatable bonds is 4. The van der Waals surface area contributed by atoms with Gasteiger partial charge in [0.05, 0.1) is 12.7 Å². The number of carbonyl (C=O) groups is 2. The Morgan fingerprint density at radius 2 is 1.87 bits per heavy atom. The van der Waals surface area contributed by atoms with Crippen LogP contribution in [0, 0.1) is 17.7 Å². The summed E-state index contributed by atoms with van der Waals surface area (Å²) in [7, 11) is 3.47. The fourth-order valence-electron chi connectivity index (χ4n) is 3.65. The highest BCUT2D eigenvalue weighted by Gasteiger charge is 2.41. The summed E-state index contributed by atoms with van der Waals surface area (Å²) in [5, 5.41) is 10.1. The monoisotopic (exact) mass is 449 g/mol. The van der Waals surface area contributed by atoms with Crippen molar-refractivity contribution in [3.63, 3.8) is 0 Å². The van der Waals surface area contributed by atoms with Crippen molar-refractivity contribution < 1.29 is 37.0 Å². The van der Waals surface area contributed by atoms with E-state index in [2.05, 4.69) is 10.2 Å². The van der Waals surface area contributed by atoms with Crippen LogP contribution in [0.5, 0.6) is 0 Å². The van der Waals surface area contributed by atoms with Crippen LogP contribution in [0.4, 0.5) is 22.4 Å². The Morgan fingerprint density at radius 1 is 1.26 bits per heavy atom. The average molecular weight is 449 g/mol. The van der Waals surface area contributed by atoms with Crippen molar-refractivity contribution in [2.45, 2.75) is 25.2 Å². The number of carbonyl (C=O) groups excluding carboxylic acids is 1. The van der Waals surface area contributed by atoms with E-state index in [1.807, 2.05) is 12.1 Å². The van der Waals surface area contributed by atoms with E-state index < -0.39 is 12.1 Å². The number of carboxylic acid groups (broad SMARTS) is 1. The van der Waals surface area contributed by atoms with Crippen molar-refractivity contribution in [1.82, 2.24) is 15.1 Å². The van der Waals surface area contributed by atoms with Gasteiger partial charge in [0.2, 0.25) is 0 Å². The van der Waals surface area contributed by atoms with Crippen molar-refractivity contribution in [1.29, 1.82) is 0 Å². The number of alkyl halides is 3. The Morgan fingerprint density at radius 3 is 2.42 bits per heavy atom. The zero-order chi connectivity index (χ0) is 23.2. The van der Waals surface area contributed by atoms with Crippen molar-refractivity contribution in [3.05, 3.63) is 35.6 Å². The lowest BCUT2D eigenvalue weighted by Gasteiger charge is -2.36. The molecule has 0 aromatic heterocycles. The van der Waals surface area contributed by atoms with Gasteiger partial charge in [0, 0.05) is 39.6 Å². The van der Waals surface area contributed by atoms with Gasteiger partial charge >= 0.3 is 18.2 Å². The first kappa shape index (κ1) is 24.9. The highest BCUT2D eigenvalue weighted by molar-refractivity contribution is 5.73. The molecule has 0 radical (unpaired) electrons. The van der Waals surface area contributed by atoms with Crippen LogP contribution in [-0.4, -0.2) is 79.5 Å². The zero-order valence-corrected chi connectivity index (χ0v) is 17.4. The minimum absolute atomic E-state index is 0.0786. The minimum Gasteiger partial charge on any atom is -0.475 e. The number of nitrogens with one attached hydrogen (secondary N) is 1. The molecule has 0 aliphatic carbocycles. The van der Waals surface area contributed by atoms with E-state index in [0.29, 0.717) is 18.4 Å². The predicted octanol–water partition coefficient (Wildman–Crippen LogP) is 2.57. The zero-order valence-electron chi connectivity index (χ0n) is 17.4. The normalized spacial score (nSPS) is 23.4. The lowest BCUT2D eigenvalue weighted by atomic mass is 9.84. The van der Waals surface area contributed by atoms with Gasteiger partial charge in [0.1, 0.15) is 5.82 Å². The van der Waals surface area contributed by atoms with Gasteiger partial charge < -0.3 is 20.1 Å². The number of hydrogen-bond acceptors (Lipinski definition) is 4. The van der Waals surface area contributed by atoms with E-state index in [9.17, 15) is 22.4 Å². The predicted molar refractivity (Wildman–Crippen MR) is 104 cm³/mol. The molecule has 3 atom stereocenters. The van der Waals surface area contributed by atoms with E-state index in [0.717, 1.165) is 38.2 Å². The summed E-state index contributed by atoms with van der Waals surface area (Å²) in [6.07, 6.45) is -3.89. The van der Waals surface area contributed by atoms with Gasteiger partial charge in [-0.15, -0.1) is 0 Å². The molecule has 1 aromatic rings. The highest BCUT2D eigenvalue weighted by Crippen LogP contribution is 2.34. The first-order valence-electron chi connectivity index (χ1n) is 9.81. The Labute approximate surface area is 177 Å². The Bertz CT molecular complexity index is 743. The molecule has 2 heterocycles. The second kappa shape index (κ2) is 10.8. The molecule has 0 spiro atoms. The molecule has 31 heavy (non-hydrogen) atoms. The summed E-state index contributed by atoms with van der Waals surface area (Å²) in [5.74, 6) is -1.93. The van der Waals surface area contributed by atoms with Crippen molar-refractivity contribution in [2.75, 3.05) is 40.3 Å². The summed E-state index contributed by atoms with van der Waals surface area (Å²) < 4.78 is 50.7. The van der Waals surface area contributed by atoms with Crippen molar-refractivity contribution in [3.8, 4) is 0 Å². The maximum atomic E-state index is 13.0. The number of fused-ring (bicyclic) bond motifs is 1. The lowest BCUT2D eigenvalue weighted by molar-refractivity contribution is -0.192. The molecule has 3 rings (SSSR count). The van der Waals surface area contributed by atoms with Gasteiger partial charge in [0.15, 0.2) is 0 Å². The molecule has 2 aliphatic heterocycles. The van der Waals surface area contributed by atoms with Gasteiger partial charge in [-0.1, -0.05) is 12.1 Å².